The second-order valence-corrected chi connectivity index (χ2v) is 7.29. The van der Waals surface area contributed by atoms with Crippen LogP contribution in [-0.2, 0) is 6.42 Å². The lowest BCUT2D eigenvalue weighted by molar-refractivity contribution is 0.265. The molecule has 1 saturated carbocycles. The summed E-state index contributed by atoms with van der Waals surface area (Å²) in [5.74, 6) is 0.965. The van der Waals surface area contributed by atoms with Crippen LogP contribution in [0.4, 0.5) is 0 Å². The van der Waals surface area contributed by atoms with Crippen LogP contribution in [0.2, 0.25) is 0 Å². The molecule has 2 rings (SSSR count). The van der Waals surface area contributed by atoms with Crippen molar-refractivity contribution in [1.82, 2.24) is 5.32 Å². The van der Waals surface area contributed by atoms with Gasteiger partial charge in [-0.05, 0) is 51.2 Å². The zero-order valence-electron chi connectivity index (χ0n) is 12.0. The Morgan fingerprint density at radius 1 is 1.39 bits per heavy atom. The predicted octanol–water partition coefficient (Wildman–Crippen LogP) is 4.55. The van der Waals surface area contributed by atoms with Crippen molar-refractivity contribution in [3.05, 3.63) is 21.9 Å². The van der Waals surface area contributed by atoms with E-state index in [1.807, 2.05) is 11.3 Å². The van der Waals surface area contributed by atoms with Crippen LogP contribution in [-0.4, -0.2) is 12.1 Å². The highest BCUT2D eigenvalue weighted by molar-refractivity contribution is 7.11. The topological polar surface area (TPSA) is 12.0 Å². The fourth-order valence-corrected chi connectivity index (χ4v) is 4.19. The third kappa shape index (κ3) is 4.10. The third-order valence-electron chi connectivity index (χ3n) is 4.18. The standard InChI is InChI=1S/C16H27NS/c1-4-14-6-5-7-15(11-14)17-12(2)10-16-9-8-13(3)18-16/h8-9,12,14-15,17H,4-7,10-11H2,1-3H3. The van der Waals surface area contributed by atoms with E-state index in [0.717, 1.165) is 12.0 Å². The quantitative estimate of drug-likeness (QED) is 0.824. The minimum absolute atomic E-state index is 0.614. The maximum atomic E-state index is 3.85. The molecule has 0 radical (unpaired) electrons. The van der Waals surface area contributed by atoms with Crippen molar-refractivity contribution in [3.63, 3.8) is 0 Å². The van der Waals surface area contributed by atoms with Crippen LogP contribution < -0.4 is 5.32 Å². The van der Waals surface area contributed by atoms with Crippen LogP contribution in [0.5, 0.6) is 0 Å². The van der Waals surface area contributed by atoms with Crippen LogP contribution in [0.15, 0.2) is 12.1 Å². The first-order valence-electron chi connectivity index (χ1n) is 7.48. The van der Waals surface area contributed by atoms with E-state index in [1.54, 1.807) is 0 Å². The molecule has 1 aliphatic rings. The first-order valence-corrected chi connectivity index (χ1v) is 8.30. The predicted molar refractivity (Wildman–Crippen MR) is 81.4 cm³/mol. The molecule has 3 atom stereocenters. The Morgan fingerprint density at radius 3 is 2.89 bits per heavy atom. The highest BCUT2D eigenvalue weighted by Gasteiger charge is 2.21. The van der Waals surface area contributed by atoms with Gasteiger partial charge in [0.15, 0.2) is 0 Å². The van der Waals surface area contributed by atoms with Crippen molar-refractivity contribution in [2.75, 3.05) is 0 Å². The Morgan fingerprint density at radius 2 is 2.22 bits per heavy atom. The SMILES string of the molecule is CCC1CCCC(NC(C)Cc2ccc(C)s2)C1. The van der Waals surface area contributed by atoms with E-state index in [9.17, 15) is 0 Å². The maximum absolute atomic E-state index is 3.85. The van der Waals surface area contributed by atoms with Gasteiger partial charge in [-0.2, -0.15) is 0 Å². The van der Waals surface area contributed by atoms with Crippen LogP contribution in [0.3, 0.4) is 0 Å². The first-order chi connectivity index (χ1) is 8.67. The van der Waals surface area contributed by atoms with Gasteiger partial charge in [0.25, 0.3) is 0 Å². The molecule has 1 heterocycles. The summed E-state index contributed by atoms with van der Waals surface area (Å²) < 4.78 is 0. The Bertz CT molecular complexity index is 358. The van der Waals surface area contributed by atoms with Gasteiger partial charge in [-0.1, -0.05) is 26.2 Å². The van der Waals surface area contributed by atoms with Crippen LogP contribution in [0.1, 0.15) is 55.7 Å². The molecule has 3 unspecified atom stereocenters. The Balaban J connectivity index is 1.78. The second-order valence-electron chi connectivity index (χ2n) is 5.92. The van der Waals surface area contributed by atoms with E-state index in [2.05, 4.69) is 38.2 Å². The number of nitrogens with one attached hydrogen (secondary N) is 1. The van der Waals surface area contributed by atoms with Crippen LogP contribution >= 0.6 is 11.3 Å². The lowest BCUT2D eigenvalue weighted by Crippen LogP contribution is -2.40. The molecule has 0 aliphatic heterocycles. The van der Waals surface area contributed by atoms with E-state index in [0.29, 0.717) is 6.04 Å². The van der Waals surface area contributed by atoms with Gasteiger partial charge in [0.05, 0.1) is 0 Å². The number of rotatable bonds is 5. The number of hydrogen-bond acceptors (Lipinski definition) is 2. The molecule has 0 bridgehead atoms. The number of hydrogen-bond donors (Lipinski definition) is 1. The molecule has 1 N–H and O–H groups in total. The summed E-state index contributed by atoms with van der Waals surface area (Å²) in [4.78, 5) is 2.95. The molecule has 1 aliphatic carbocycles. The van der Waals surface area contributed by atoms with Crippen molar-refractivity contribution in [3.8, 4) is 0 Å². The molecule has 102 valence electrons. The molecular weight excluding hydrogens is 238 g/mol. The van der Waals surface area contributed by atoms with Crippen LogP contribution in [0, 0.1) is 12.8 Å². The molecule has 2 heteroatoms. The highest BCUT2D eigenvalue weighted by Crippen LogP contribution is 2.27. The van der Waals surface area contributed by atoms with Gasteiger partial charge in [-0.15, -0.1) is 11.3 Å². The minimum atomic E-state index is 0.614. The largest absolute Gasteiger partial charge is 0.311 e. The molecule has 1 fully saturated rings. The summed E-state index contributed by atoms with van der Waals surface area (Å²) in [6, 6.07) is 5.90. The smallest absolute Gasteiger partial charge is 0.00896 e. The monoisotopic (exact) mass is 265 g/mol. The second kappa shape index (κ2) is 6.72. The number of aryl methyl sites for hydroxylation is 1. The fraction of sp³-hybridized carbons (Fsp3) is 0.750. The summed E-state index contributed by atoms with van der Waals surface area (Å²) in [5.41, 5.74) is 0. The summed E-state index contributed by atoms with van der Waals surface area (Å²) in [5, 5.41) is 3.85. The van der Waals surface area contributed by atoms with Gasteiger partial charge >= 0.3 is 0 Å². The molecular formula is C16H27NS. The maximum Gasteiger partial charge on any atom is 0.00896 e. The van der Waals surface area contributed by atoms with Gasteiger partial charge in [0.1, 0.15) is 0 Å². The van der Waals surface area contributed by atoms with Crippen molar-refractivity contribution in [2.45, 2.75) is 71.4 Å². The minimum Gasteiger partial charge on any atom is -0.311 e. The van der Waals surface area contributed by atoms with Gasteiger partial charge < -0.3 is 5.32 Å². The Hall–Kier alpha value is -0.340. The highest BCUT2D eigenvalue weighted by atomic mass is 32.1. The van der Waals surface area contributed by atoms with E-state index in [4.69, 9.17) is 0 Å². The fourth-order valence-electron chi connectivity index (χ4n) is 3.17. The zero-order chi connectivity index (χ0) is 13.0. The molecule has 0 amide bonds. The lowest BCUT2D eigenvalue weighted by atomic mass is 9.84. The first kappa shape index (κ1) is 14.1. The van der Waals surface area contributed by atoms with Gasteiger partial charge in [-0.3, -0.25) is 0 Å². The Labute approximate surface area is 116 Å². The Kier molecular flexibility index (Phi) is 5.25. The van der Waals surface area contributed by atoms with Crippen molar-refractivity contribution in [2.24, 2.45) is 5.92 Å². The molecule has 1 aromatic rings. The van der Waals surface area contributed by atoms with E-state index in [1.165, 1.54) is 48.3 Å². The summed E-state index contributed by atoms with van der Waals surface area (Å²) in [6.07, 6.45) is 8.19. The molecule has 0 spiro atoms. The summed E-state index contributed by atoms with van der Waals surface area (Å²) in [7, 11) is 0. The molecule has 1 nitrogen and oxygen atoms in total. The van der Waals surface area contributed by atoms with Crippen molar-refractivity contribution >= 4 is 11.3 Å². The normalized spacial score (nSPS) is 26.2. The average molecular weight is 265 g/mol. The van der Waals surface area contributed by atoms with Gasteiger partial charge in [-0.25, -0.2) is 0 Å². The summed E-state index contributed by atoms with van der Waals surface area (Å²) in [6.45, 7) is 6.87. The van der Waals surface area contributed by atoms with Crippen LogP contribution in [0.25, 0.3) is 0 Å². The molecule has 0 saturated heterocycles. The van der Waals surface area contributed by atoms with Crippen molar-refractivity contribution in [1.29, 1.82) is 0 Å². The van der Waals surface area contributed by atoms with E-state index in [-0.39, 0.29) is 0 Å². The zero-order valence-corrected chi connectivity index (χ0v) is 12.9. The number of thiophene rings is 1. The van der Waals surface area contributed by atoms with E-state index < -0.39 is 0 Å². The molecule has 0 aromatic carbocycles. The lowest BCUT2D eigenvalue weighted by Gasteiger charge is -2.31. The molecule has 1 aromatic heterocycles. The van der Waals surface area contributed by atoms with Gasteiger partial charge in [0.2, 0.25) is 0 Å². The van der Waals surface area contributed by atoms with Crippen molar-refractivity contribution < 1.29 is 0 Å². The summed E-state index contributed by atoms with van der Waals surface area (Å²) >= 11 is 1.94. The van der Waals surface area contributed by atoms with E-state index >= 15 is 0 Å². The molecule has 18 heavy (non-hydrogen) atoms. The third-order valence-corrected chi connectivity index (χ3v) is 5.21. The van der Waals surface area contributed by atoms with Gasteiger partial charge in [0, 0.05) is 21.8 Å². The average Bonchev–Trinajstić information content (AvgIpc) is 2.74.